The van der Waals surface area contributed by atoms with Crippen molar-refractivity contribution in [3.8, 4) is 0 Å². The zero-order valence-electron chi connectivity index (χ0n) is 7.19. The van der Waals surface area contributed by atoms with Gasteiger partial charge in [0.2, 0.25) is 0 Å². The van der Waals surface area contributed by atoms with Crippen LogP contribution in [0.5, 0.6) is 0 Å². The van der Waals surface area contributed by atoms with Crippen molar-refractivity contribution in [3.05, 3.63) is 47.5 Å². The number of carbonyl (C=O) groups excluding carboxylic acids is 1. The highest BCUT2D eigenvalue weighted by Gasteiger charge is 2.16. The minimum atomic E-state index is -0.177. The Balaban J connectivity index is 2.11. The van der Waals surface area contributed by atoms with Crippen molar-refractivity contribution in [3.63, 3.8) is 0 Å². The van der Waals surface area contributed by atoms with Crippen molar-refractivity contribution in [2.75, 3.05) is 6.61 Å². The fraction of sp³-hybridized carbons (Fsp3) is 0.182. The van der Waals surface area contributed by atoms with Crippen LogP contribution in [0.25, 0.3) is 0 Å². The van der Waals surface area contributed by atoms with E-state index in [1.165, 1.54) is 0 Å². The predicted octanol–water partition coefficient (Wildman–Crippen LogP) is 1.71. The van der Waals surface area contributed by atoms with Crippen LogP contribution in [0.15, 0.2) is 42.0 Å². The van der Waals surface area contributed by atoms with E-state index in [9.17, 15) is 4.79 Å². The number of ether oxygens (including phenoxy) is 1. The molecule has 0 radical (unpaired) electrons. The van der Waals surface area contributed by atoms with Gasteiger partial charge in [-0.05, 0) is 11.6 Å². The van der Waals surface area contributed by atoms with Gasteiger partial charge in [0.05, 0.1) is 0 Å². The number of cyclic esters (lactones) is 1. The highest BCUT2D eigenvalue weighted by molar-refractivity contribution is 5.90. The maximum Gasteiger partial charge on any atom is 0.334 e. The van der Waals surface area contributed by atoms with Gasteiger partial charge >= 0.3 is 5.97 Å². The van der Waals surface area contributed by atoms with Crippen LogP contribution in [-0.4, -0.2) is 12.6 Å². The average Bonchev–Trinajstić information content (AvgIpc) is 2.54. The normalized spacial score (nSPS) is 15.4. The molecule has 1 aromatic carbocycles. The van der Waals surface area contributed by atoms with Crippen LogP contribution < -0.4 is 0 Å². The Hall–Kier alpha value is -1.57. The first-order valence-corrected chi connectivity index (χ1v) is 4.26. The van der Waals surface area contributed by atoms with Crippen LogP contribution in [0.4, 0.5) is 0 Å². The molecule has 66 valence electrons. The molecular weight excluding hydrogens is 164 g/mol. The Morgan fingerprint density at radius 2 is 2.00 bits per heavy atom. The molecule has 2 heteroatoms. The van der Waals surface area contributed by atoms with Gasteiger partial charge in [-0.3, -0.25) is 0 Å². The molecule has 0 aliphatic carbocycles. The summed E-state index contributed by atoms with van der Waals surface area (Å²) in [5.74, 6) is -0.177. The van der Waals surface area contributed by atoms with E-state index in [1.54, 1.807) is 0 Å². The van der Waals surface area contributed by atoms with Crippen molar-refractivity contribution < 1.29 is 9.53 Å². The highest BCUT2D eigenvalue weighted by atomic mass is 16.5. The molecule has 0 unspecified atom stereocenters. The summed E-state index contributed by atoms with van der Waals surface area (Å²) < 4.78 is 4.81. The lowest BCUT2D eigenvalue weighted by molar-refractivity contribution is -0.136. The topological polar surface area (TPSA) is 26.3 Å². The molecule has 0 atom stereocenters. The third-order valence-electron chi connectivity index (χ3n) is 2.04. The smallest absolute Gasteiger partial charge is 0.334 e. The van der Waals surface area contributed by atoms with E-state index in [0.29, 0.717) is 13.0 Å². The van der Waals surface area contributed by atoms with E-state index >= 15 is 0 Å². The van der Waals surface area contributed by atoms with E-state index in [0.717, 1.165) is 11.1 Å². The van der Waals surface area contributed by atoms with E-state index in [1.807, 2.05) is 36.4 Å². The molecule has 0 aromatic heterocycles. The van der Waals surface area contributed by atoms with Crippen molar-refractivity contribution in [2.24, 2.45) is 0 Å². The van der Waals surface area contributed by atoms with Crippen LogP contribution in [0.3, 0.4) is 0 Å². The second kappa shape index (κ2) is 3.44. The Morgan fingerprint density at radius 1 is 1.23 bits per heavy atom. The second-order valence-electron chi connectivity index (χ2n) is 2.99. The molecule has 1 aliphatic heterocycles. The number of hydrogen-bond acceptors (Lipinski definition) is 2. The molecule has 0 bridgehead atoms. The van der Waals surface area contributed by atoms with Crippen LogP contribution >= 0.6 is 0 Å². The zero-order chi connectivity index (χ0) is 9.10. The van der Waals surface area contributed by atoms with Crippen molar-refractivity contribution in [2.45, 2.75) is 6.42 Å². The molecular formula is C11H10O2. The minimum Gasteiger partial charge on any atom is -0.458 e. The SMILES string of the molecule is O=C1OCC=C1Cc1ccccc1. The predicted molar refractivity (Wildman–Crippen MR) is 49.2 cm³/mol. The molecule has 2 rings (SSSR count). The Kier molecular flexibility index (Phi) is 2.13. The first kappa shape index (κ1) is 8.05. The second-order valence-corrected chi connectivity index (χ2v) is 2.99. The van der Waals surface area contributed by atoms with Gasteiger partial charge in [0.25, 0.3) is 0 Å². The van der Waals surface area contributed by atoms with Crippen molar-refractivity contribution in [1.82, 2.24) is 0 Å². The maximum atomic E-state index is 11.1. The molecule has 1 aliphatic rings. The van der Waals surface area contributed by atoms with Gasteiger partial charge in [-0.25, -0.2) is 4.79 Å². The van der Waals surface area contributed by atoms with Crippen LogP contribution in [0.1, 0.15) is 5.56 Å². The number of rotatable bonds is 2. The van der Waals surface area contributed by atoms with Crippen LogP contribution in [0, 0.1) is 0 Å². The van der Waals surface area contributed by atoms with Gasteiger partial charge in [-0.2, -0.15) is 0 Å². The molecule has 0 spiro atoms. The lowest BCUT2D eigenvalue weighted by Gasteiger charge is -1.99. The van der Waals surface area contributed by atoms with Gasteiger partial charge in [0.1, 0.15) is 6.61 Å². The quantitative estimate of drug-likeness (QED) is 0.638. The highest BCUT2D eigenvalue weighted by Crippen LogP contribution is 2.13. The summed E-state index contributed by atoms with van der Waals surface area (Å²) in [5, 5.41) is 0. The largest absolute Gasteiger partial charge is 0.458 e. The average molecular weight is 174 g/mol. The molecule has 2 nitrogen and oxygen atoms in total. The zero-order valence-corrected chi connectivity index (χ0v) is 7.19. The monoisotopic (exact) mass is 174 g/mol. The number of esters is 1. The number of benzene rings is 1. The van der Waals surface area contributed by atoms with Gasteiger partial charge in [0.15, 0.2) is 0 Å². The third-order valence-corrected chi connectivity index (χ3v) is 2.04. The molecule has 0 fully saturated rings. The van der Waals surface area contributed by atoms with Gasteiger partial charge < -0.3 is 4.74 Å². The Bertz CT molecular complexity index is 338. The van der Waals surface area contributed by atoms with Crippen molar-refractivity contribution >= 4 is 5.97 Å². The van der Waals surface area contributed by atoms with Crippen LogP contribution in [-0.2, 0) is 16.0 Å². The Morgan fingerprint density at radius 3 is 2.62 bits per heavy atom. The maximum absolute atomic E-state index is 11.1. The third kappa shape index (κ3) is 1.78. The van der Waals surface area contributed by atoms with Crippen molar-refractivity contribution in [1.29, 1.82) is 0 Å². The number of hydrogen-bond donors (Lipinski definition) is 0. The molecule has 0 saturated carbocycles. The molecule has 0 N–H and O–H groups in total. The lowest BCUT2D eigenvalue weighted by Crippen LogP contribution is -2.01. The standard InChI is InChI=1S/C11H10O2/c12-11-10(6-7-13-11)8-9-4-2-1-3-5-9/h1-6H,7-8H2. The summed E-state index contributed by atoms with van der Waals surface area (Å²) in [5.41, 5.74) is 1.92. The molecule has 1 heterocycles. The first-order valence-electron chi connectivity index (χ1n) is 4.26. The van der Waals surface area contributed by atoms with E-state index in [-0.39, 0.29) is 5.97 Å². The van der Waals surface area contributed by atoms with Gasteiger partial charge in [-0.1, -0.05) is 30.3 Å². The Labute approximate surface area is 76.8 Å². The first-order chi connectivity index (χ1) is 6.36. The lowest BCUT2D eigenvalue weighted by atomic mass is 10.1. The van der Waals surface area contributed by atoms with E-state index < -0.39 is 0 Å². The van der Waals surface area contributed by atoms with Gasteiger partial charge in [-0.15, -0.1) is 0 Å². The molecule has 13 heavy (non-hydrogen) atoms. The summed E-state index contributed by atoms with van der Waals surface area (Å²) >= 11 is 0. The van der Waals surface area contributed by atoms with E-state index in [2.05, 4.69) is 0 Å². The number of carbonyl (C=O) groups is 1. The summed E-state index contributed by atoms with van der Waals surface area (Å²) in [6, 6.07) is 9.91. The molecule has 0 saturated heterocycles. The summed E-state index contributed by atoms with van der Waals surface area (Å²) in [7, 11) is 0. The molecule has 0 amide bonds. The minimum absolute atomic E-state index is 0.177. The summed E-state index contributed by atoms with van der Waals surface area (Å²) in [4.78, 5) is 11.1. The van der Waals surface area contributed by atoms with E-state index in [4.69, 9.17) is 4.74 Å². The fourth-order valence-corrected chi connectivity index (χ4v) is 1.35. The molecule has 1 aromatic rings. The fourth-order valence-electron chi connectivity index (χ4n) is 1.35. The summed E-state index contributed by atoms with van der Waals surface area (Å²) in [6.45, 7) is 0.432. The van der Waals surface area contributed by atoms with Gasteiger partial charge in [0, 0.05) is 12.0 Å². The van der Waals surface area contributed by atoms with Crippen LogP contribution in [0.2, 0.25) is 0 Å². The summed E-state index contributed by atoms with van der Waals surface area (Å²) in [6.07, 6.45) is 2.52.